The first-order chi connectivity index (χ1) is 23.4. The van der Waals surface area contributed by atoms with E-state index in [0.717, 1.165) is 33.0 Å². The predicted octanol–water partition coefficient (Wildman–Crippen LogP) is 6.78. The molecule has 0 aliphatic carbocycles. The molecule has 0 unspecified atom stereocenters. The van der Waals surface area contributed by atoms with Crippen molar-refractivity contribution in [1.29, 1.82) is 0 Å². The second-order valence-electron chi connectivity index (χ2n) is 11.8. The number of amides is 2. The molecule has 0 saturated carbocycles. The molecule has 248 valence electrons. The minimum absolute atomic E-state index is 0.222. The maximum absolute atomic E-state index is 14.4. The fraction of sp³-hybridized carbons (Fsp3) is 0.268. The van der Waals surface area contributed by atoms with Gasteiger partial charge in [0, 0.05) is 19.8 Å². The summed E-state index contributed by atoms with van der Waals surface area (Å²) in [5.74, 6) is -0.712. The summed E-state index contributed by atoms with van der Waals surface area (Å²) in [7, 11) is 0. The molecule has 0 fully saturated rings. The van der Waals surface area contributed by atoms with Gasteiger partial charge >= 0.3 is 0 Å². The Morgan fingerprint density at radius 1 is 0.708 bits per heavy atom. The number of rotatable bonds is 15. The summed E-state index contributed by atoms with van der Waals surface area (Å²) in [5.41, 5.74) is 9.28. The van der Waals surface area contributed by atoms with Crippen LogP contribution in [0.3, 0.4) is 0 Å². The van der Waals surface area contributed by atoms with Crippen LogP contribution in [0.4, 0.5) is 0 Å². The number of ether oxygens (including phenoxy) is 2. The third-order valence-electron chi connectivity index (χ3n) is 8.72. The molecule has 48 heavy (non-hydrogen) atoms. The van der Waals surface area contributed by atoms with Crippen LogP contribution < -0.4 is 11.1 Å². The highest BCUT2D eigenvalue weighted by atomic mass is 16.7. The summed E-state index contributed by atoms with van der Waals surface area (Å²) in [4.78, 5) is 30.2. The lowest BCUT2D eigenvalue weighted by atomic mass is 9.77. The molecule has 0 heterocycles. The van der Waals surface area contributed by atoms with Crippen molar-refractivity contribution in [3.63, 3.8) is 0 Å². The Labute approximate surface area is 283 Å². The summed E-state index contributed by atoms with van der Waals surface area (Å²) in [6, 6.07) is 42.1. The minimum atomic E-state index is -1.12. The number of carbonyl (C=O) groups excluding carboxylic acids is 2. The van der Waals surface area contributed by atoms with E-state index in [4.69, 9.17) is 15.2 Å². The number of carbonyl (C=O) groups is 2. The van der Waals surface area contributed by atoms with Crippen molar-refractivity contribution >= 4 is 22.6 Å². The Morgan fingerprint density at radius 2 is 1.19 bits per heavy atom. The van der Waals surface area contributed by atoms with E-state index in [-0.39, 0.29) is 24.8 Å². The van der Waals surface area contributed by atoms with E-state index >= 15 is 0 Å². The Hall–Kier alpha value is -4.82. The SMILES string of the molecule is CCOC(OCC)[C@H](C)N(Cc1cccc2ccccc12)C(=O)[C@@H](N)CC(=O)NC(c1ccccc1)(c1ccccc1)c1ccccc1. The highest BCUT2D eigenvalue weighted by Gasteiger charge is 2.39. The Morgan fingerprint density at radius 3 is 1.71 bits per heavy atom. The second-order valence-corrected chi connectivity index (χ2v) is 11.8. The van der Waals surface area contributed by atoms with Gasteiger partial charge in [0.2, 0.25) is 11.8 Å². The third-order valence-corrected chi connectivity index (χ3v) is 8.72. The molecule has 2 atom stereocenters. The maximum Gasteiger partial charge on any atom is 0.240 e. The molecule has 5 aromatic rings. The van der Waals surface area contributed by atoms with E-state index in [9.17, 15) is 9.59 Å². The molecule has 2 amide bonds. The fourth-order valence-corrected chi connectivity index (χ4v) is 6.38. The fourth-order valence-electron chi connectivity index (χ4n) is 6.38. The van der Waals surface area contributed by atoms with Crippen molar-refractivity contribution in [2.75, 3.05) is 13.2 Å². The van der Waals surface area contributed by atoms with Crippen LogP contribution in [0.2, 0.25) is 0 Å². The molecule has 0 spiro atoms. The van der Waals surface area contributed by atoms with Gasteiger partial charge in [-0.1, -0.05) is 133 Å². The second kappa shape index (κ2) is 16.3. The molecule has 0 radical (unpaired) electrons. The number of hydrogen-bond acceptors (Lipinski definition) is 5. The monoisotopic (exact) mass is 643 g/mol. The van der Waals surface area contributed by atoms with Gasteiger partial charge in [-0.25, -0.2) is 0 Å². The average Bonchev–Trinajstić information content (AvgIpc) is 3.13. The van der Waals surface area contributed by atoms with E-state index in [0.29, 0.717) is 13.2 Å². The lowest BCUT2D eigenvalue weighted by molar-refractivity contribution is -0.179. The number of benzene rings is 5. The van der Waals surface area contributed by atoms with Crippen molar-refractivity contribution in [3.05, 3.63) is 156 Å². The number of nitrogens with one attached hydrogen (secondary N) is 1. The van der Waals surface area contributed by atoms with E-state index in [1.165, 1.54) is 0 Å². The van der Waals surface area contributed by atoms with Crippen LogP contribution in [0.5, 0.6) is 0 Å². The molecule has 0 aliphatic heterocycles. The van der Waals surface area contributed by atoms with Gasteiger partial charge in [0.05, 0.1) is 18.5 Å². The molecule has 7 heteroatoms. The zero-order chi connectivity index (χ0) is 33.9. The maximum atomic E-state index is 14.4. The van der Waals surface area contributed by atoms with E-state index in [1.807, 2.05) is 154 Å². The number of fused-ring (bicyclic) bond motifs is 1. The smallest absolute Gasteiger partial charge is 0.240 e. The van der Waals surface area contributed by atoms with Gasteiger partial charge < -0.3 is 25.4 Å². The van der Waals surface area contributed by atoms with Crippen molar-refractivity contribution in [2.45, 2.75) is 57.6 Å². The minimum Gasteiger partial charge on any atom is -0.351 e. The third kappa shape index (κ3) is 7.66. The number of nitrogens with two attached hydrogens (primary N) is 1. The lowest BCUT2D eigenvalue weighted by Crippen LogP contribution is -2.54. The van der Waals surface area contributed by atoms with Gasteiger partial charge in [-0.15, -0.1) is 0 Å². The normalized spacial score (nSPS) is 12.9. The van der Waals surface area contributed by atoms with Crippen LogP contribution in [0.15, 0.2) is 133 Å². The Kier molecular flexibility index (Phi) is 11.7. The molecule has 7 nitrogen and oxygen atoms in total. The Balaban J connectivity index is 1.48. The van der Waals surface area contributed by atoms with Crippen molar-refractivity contribution in [3.8, 4) is 0 Å². The Bertz CT molecular complexity index is 1660. The zero-order valence-electron chi connectivity index (χ0n) is 27.9. The molecule has 0 bridgehead atoms. The zero-order valence-corrected chi connectivity index (χ0v) is 27.9. The number of hydrogen-bond donors (Lipinski definition) is 2. The molecule has 0 aliphatic rings. The quantitative estimate of drug-likeness (QED) is 0.0969. The molecule has 5 rings (SSSR count). The summed E-state index contributed by atoms with van der Waals surface area (Å²) >= 11 is 0. The van der Waals surface area contributed by atoms with Gasteiger partial charge in [0.15, 0.2) is 6.29 Å². The molecular weight excluding hydrogens is 598 g/mol. The van der Waals surface area contributed by atoms with Crippen LogP contribution in [-0.2, 0) is 31.1 Å². The first kappa shape index (κ1) is 34.5. The van der Waals surface area contributed by atoms with Gasteiger partial charge in [-0.3, -0.25) is 9.59 Å². The van der Waals surface area contributed by atoms with Gasteiger partial charge in [0.1, 0.15) is 5.54 Å². The first-order valence-electron chi connectivity index (χ1n) is 16.6. The summed E-state index contributed by atoms with van der Waals surface area (Å²) in [5, 5.41) is 5.45. The van der Waals surface area contributed by atoms with Gasteiger partial charge in [-0.2, -0.15) is 0 Å². The molecule has 3 N–H and O–H groups in total. The predicted molar refractivity (Wildman–Crippen MR) is 191 cm³/mol. The van der Waals surface area contributed by atoms with Crippen LogP contribution in [0.25, 0.3) is 10.8 Å². The van der Waals surface area contributed by atoms with Gasteiger partial charge in [0.25, 0.3) is 0 Å². The highest BCUT2D eigenvalue weighted by molar-refractivity contribution is 5.90. The molecule has 0 aromatic heterocycles. The van der Waals surface area contributed by atoms with E-state index < -0.39 is 23.9 Å². The topological polar surface area (TPSA) is 93.9 Å². The van der Waals surface area contributed by atoms with Crippen molar-refractivity contribution < 1.29 is 19.1 Å². The number of nitrogens with zero attached hydrogens (tertiary/aromatic N) is 1. The van der Waals surface area contributed by atoms with Crippen LogP contribution in [0.1, 0.15) is 49.4 Å². The average molecular weight is 644 g/mol. The lowest BCUT2D eigenvalue weighted by Gasteiger charge is -2.38. The standard InChI is InChI=1S/C41H45N3O4/c1-4-47-40(48-5-2)30(3)44(29-32-20-17-19-31-18-15-16-27-36(31)32)39(46)37(42)28-38(45)43-41(33-21-9-6-10-22-33,34-23-11-7-12-24-34)35-25-13-8-14-26-35/h6-27,30,37,40H,4-5,28-29,42H2,1-3H3,(H,43,45)/t30-,37-/m0/s1. The first-order valence-corrected chi connectivity index (χ1v) is 16.6. The van der Waals surface area contributed by atoms with Crippen molar-refractivity contribution in [2.24, 2.45) is 5.73 Å². The van der Waals surface area contributed by atoms with Crippen LogP contribution in [0, 0.1) is 0 Å². The van der Waals surface area contributed by atoms with Gasteiger partial charge in [-0.05, 0) is 53.8 Å². The molecule has 0 saturated heterocycles. The summed E-state index contributed by atoms with van der Waals surface area (Å²) < 4.78 is 11.9. The summed E-state index contributed by atoms with van der Waals surface area (Å²) in [6.07, 6.45) is -0.887. The molecule has 5 aromatic carbocycles. The highest BCUT2D eigenvalue weighted by Crippen LogP contribution is 2.37. The van der Waals surface area contributed by atoms with Crippen molar-refractivity contribution in [1.82, 2.24) is 10.2 Å². The van der Waals surface area contributed by atoms with Crippen LogP contribution in [-0.4, -0.2) is 48.3 Å². The van der Waals surface area contributed by atoms with E-state index in [1.54, 1.807) is 4.90 Å². The van der Waals surface area contributed by atoms with E-state index in [2.05, 4.69) is 5.32 Å². The molecular formula is C41H45N3O4. The largest absolute Gasteiger partial charge is 0.351 e. The van der Waals surface area contributed by atoms with Crippen LogP contribution >= 0.6 is 0 Å². The summed E-state index contributed by atoms with van der Waals surface area (Å²) in [6.45, 7) is 6.79.